The SMILES string of the molecule is CC(=O)NC1[C@H](OC(C)C)OC(COC(=O)c2ccccc2)[C@H](OC(=O)c2ccccc2)[C@@H]1OC(=O)c1ccccc1.CC(=O)OC1[C@H](OC(C)C)OC(COC(=O)c2ccccc2)[C@H](OC(=O)c2ccccc2)[C@@H]1OC(=O)c1ccccc1.CC(C)O[C@H]1OC(COC(=O)c2ccccc2)[C@@H](OC(=O)c2ccccc2)[C@H](OC(=O)c2ccccc2)C1OC(=O)c1ccccc1. The topological polar surface area (TPSA) is 374 Å². The standard InChI is InChI=1S/C37H34O10.C32H33NO9.C32H32O10/c1-24(2)43-37-32(47-36(41)28-21-13-6-14-22-28)31(46-35(40)27-19-11-5-12-20-27)30(45-34(39)26-17-9-4-10-18-26)29(44-37)23-42-33(38)25-15-7-3-8-16-25;1-20(2)39-32-26(33-21(3)34)28(42-31(37)24-17-11-6-12-18-24)27(41-30(36)23-15-9-5-10-16-23)25(40-32)19-38-29(35)22-13-7-4-8-14-22;1-20(2)38-32-28(39-21(3)33)27(42-31(36)24-17-11-6-12-18-24)26(41-30(35)23-15-9-5-10-16-23)25(40-32)19-37-29(34)22-13-7-4-8-14-22/h3-22,24,29-32,37H,23H2,1-2H3;4-18,20,25-28,32H,19H2,1-3H3,(H,33,34);4-18,20,25-28,32H,19H2,1-3H3/t29?,30-,31+,32?,37+;25?,26?,27-,28+,32+;25?,26-,27-,28?,32+/m100/s1. The number of benzene rings is 10. The van der Waals surface area contributed by atoms with E-state index >= 15 is 0 Å². The summed E-state index contributed by atoms with van der Waals surface area (Å²) in [6.07, 6.45) is -19.4. The molecule has 10 aromatic rings. The van der Waals surface area contributed by atoms with E-state index in [-0.39, 0.29) is 57.2 Å². The highest BCUT2D eigenvalue weighted by molar-refractivity contribution is 5.95. The van der Waals surface area contributed by atoms with Crippen LogP contribution in [0.15, 0.2) is 303 Å². The fourth-order valence-corrected chi connectivity index (χ4v) is 13.7. The second-order valence-electron chi connectivity index (χ2n) is 30.5. The molecule has 3 aliphatic rings. The molecule has 0 aromatic heterocycles. The normalized spacial score (nSPS) is 21.3. The molecule has 1 amide bonds. The zero-order valence-electron chi connectivity index (χ0n) is 72.7. The zero-order valence-corrected chi connectivity index (χ0v) is 72.7. The number of hydrogen-bond donors (Lipinski definition) is 1. The van der Waals surface area contributed by atoms with Gasteiger partial charge in [-0.1, -0.05) is 182 Å². The van der Waals surface area contributed by atoms with Gasteiger partial charge in [0.05, 0.1) is 73.9 Å². The largest absolute Gasteiger partial charge is 0.459 e. The van der Waals surface area contributed by atoms with Crippen LogP contribution in [0.25, 0.3) is 0 Å². The van der Waals surface area contributed by atoms with Crippen molar-refractivity contribution in [2.75, 3.05) is 19.8 Å². The molecule has 30 heteroatoms. The third-order valence-electron chi connectivity index (χ3n) is 19.7. The van der Waals surface area contributed by atoms with Gasteiger partial charge in [0.2, 0.25) is 5.91 Å². The molecule has 3 heterocycles. The number of carbonyl (C=O) groups is 12. The van der Waals surface area contributed by atoms with Gasteiger partial charge in [-0.05, 0) is 163 Å². The maximum Gasteiger partial charge on any atom is 0.338 e. The van der Waals surface area contributed by atoms with Crippen molar-refractivity contribution >= 4 is 71.6 Å². The molecule has 0 aliphatic carbocycles. The predicted molar refractivity (Wildman–Crippen MR) is 467 cm³/mol. The lowest BCUT2D eigenvalue weighted by molar-refractivity contribution is -0.309. The fourth-order valence-electron chi connectivity index (χ4n) is 13.7. The van der Waals surface area contributed by atoms with Crippen LogP contribution in [0.5, 0.6) is 0 Å². The maximum atomic E-state index is 13.5. The summed E-state index contributed by atoms with van der Waals surface area (Å²) >= 11 is 0. The molecule has 3 saturated heterocycles. The Morgan fingerprint density at radius 1 is 0.237 bits per heavy atom. The van der Waals surface area contributed by atoms with Gasteiger partial charge in [-0.25, -0.2) is 47.9 Å². The van der Waals surface area contributed by atoms with Gasteiger partial charge < -0.3 is 85.8 Å². The van der Waals surface area contributed by atoms with E-state index in [4.69, 9.17) is 80.5 Å². The Morgan fingerprint density at radius 2 is 0.420 bits per heavy atom. The summed E-state index contributed by atoms with van der Waals surface area (Å²) in [7, 11) is 0. The van der Waals surface area contributed by atoms with Gasteiger partial charge in [0, 0.05) is 13.8 Å². The molecule has 10 aromatic carbocycles. The maximum absolute atomic E-state index is 13.5. The highest BCUT2D eigenvalue weighted by atomic mass is 16.8. The highest BCUT2D eigenvalue weighted by Gasteiger charge is 2.57. The summed E-state index contributed by atoms with van der Waals surface area (Å²) in [5.74, 6) is -8.35. The monoisotopic (exact) mass is 1790 g/mol. The van der Waals surface area contributed by atoms with Crippen LogP contribution in [-0.4, -0.2) is 202 Å². The lowest BCUT2D eigenvalue weighted by Gasteiger charge is -2.45. The molecule has 30 nitrogen and oxygen atoms in total. The number of esters is 11. The number of rotatable bonds is 31. The molecule has 15 atom stereocenters. The molecule has 0 bridgehead atoms. The molecule has 0 saturated carbocycles. The van der Waals surface area contributed by atoms with Crippen LogP contribution >= 0.6 is 0 Å². The van der Waals surface area contributed by atoms with Gasteiger partial charge in [0.15, 0.2) is 67.7 Å². The van der Waals surface area contributed by atoms with Gasteiger partial charge in [0.25, 0.3) is 0 Å². The van der Waals surface area contributed by atoms with Crippen molar-refractivity contribution in [3.05, 3.63) is 359 Å². The molecule has 6 unspecified atom stereocenters. The van der Waals surface area contributed by atoms with Crippen LogP contribution in [0.3, 0.4) is 0 Å². The molecule has 3 aliphatic heterocycles. The lowest BCUT2D eigenvalue weighted by Crippen LogP contribution is -2.67. The lowest BCUT2D eigenvalue weighted by atomic mass is 9.95. The summed E-state index contributed by atoms with van der Waals surface area (Å²) in [6, 6.07) is 81.3. The van der Waals surface area contributed by atoms with Crippen LogP contribution in [0.4, 0.5) is 0 Å². The van der Waals surface area contributed by atoms with Crippen LogP contribution in [-0.2, 0) is 90.1 Å². The molecule has 0 spiro atoms. The molecule has 131 heavy (non-hydrogen) atoms. The van der Waals surface area contributed by atoms with Crippen molar-refractivity contribution < 1.29 is 138 Å². The molecule has 1 N–H and O–H groups in total. The first-order valence-corrected chi connectivity index (χ1v) is 42.1. The average molecular weight is 1790 g/mol. The van der Waals surface area contributed by atoms with Crippen molar-refractivity contribution in [2.45, 2.75) is 166 Å². The van der Waals surface area contributed by atoms with E-state index in [2.05, 4.69) is 5.32 Å². The van der Waals surface area contributed by atoms with E-state index in [1.807, 2.05) is 0 Å². The summed E-state index contributed by atoms with van der Waals surface area (Å²) in [5, 5.41) is 2.73. The smallest absolute Gasteiger partial charge is 0.338 e. The Balaban J connectivity index is 0.000000190. The van der Waals surface area contributed by atoms with Crippen LogP contribution in [0.1, 0.15) is 159 Å². The quantitative estimate of drug-likeness (QED) is 0.0311. The average Bonchev–Trinajstić information content (AvgIpc) is 0.785. The third-order valence-corrected chi connectivity index (χ3v) is 19.7. The van der Waals surface area contributed by atoms with E-state index in [0.29, 0.717) is 11.1 Å². The van der Waals surface area contributed by atoms with E-state index in [0.717, 1.165) is 0 Å². The Hall–Kier alpha value is -14.4. The van der Waals surface area contributed by atoms with E-state index in [9.17, 15) is 57.5 Å². The van der Waals surface area contributed by atoms with E-state index < -0.39 is 189 Å². The molecule has 682 valence electrons. The summed E-state index contributed by atoms with van der Waals surface area (Å²) in [4.78, 5) is 156. The second kappa shape index (κ2) is 48.7. The van der Waals surface area contributed by atoms with Gasteiger partial charge >= 0.3 is 65.7 Å². The minimum atomic E-state index is -1.46. The van der Waals surface area contributed by atoms with Gasteiger partial charge in [-0.15, -0.1) is 0 Å². The predicted octanol–water partition coefficient (Wildman–Crippen LogP) is 14.0. The van der Waals surface area contributed by atoms with E-state index in [1.54, 1.807) is 345 Å². The first kappa shape index (κ1) is 97.2. The number of hydrogen-bond acceptors (Lipinski definition) is 29. The van der Waals surface area contributed by atoms with Crippen LogP contribution in [0, 0.1) is 0 Å². The van der Waals surface area contributed by atoms with Crippen LogP contribution < -0.4 is 5.32 Å². The second-order valence-corrected chi connectivity index (χ2v) is 30.5. The van der Waals surface area contributed by atoms with Crippen molar-refractivity contribution in [3.63, 3.8) is 0 Å². The molecule has 13 rings (SSSR count). The first-order valence-electron chi connectivity index (χ1n) is 42.1. The summed E-state index contributed by atoms with van der Waals surface area (Å²) in [5.41, 5.74) is 2.44. The summed E-state index contributed by atoms with van der Waals surface area (Å²) < 4.78 is 100. The van der Waals surface area contributed by atoms with Gasteiger partial charge in [0.1, 0.15) is 44.2 Å². The molecule has 0 radical (unpaired) electrons. The van der Waals surface area contributed by atoms with Gasteiger partial charge in [-0.3, -0.25) is 9.59 Å². The Bertz CT molecular complexity index is 5170. The number of carbonyl (C=O) groups excluding carboxylic acids is 12. The Labute approximate surface area is 755 Å². The van der Waals surface area contributed by atoms with Crippen LogP contribution in [0.2, 0.25) is 0 Å². The molecule has 3 fully saturated rings. The molecular weight excluding hydrogens is 1690 g/mol. The number of nitrogens with one attached hydrogen (secondary N) is 1. The van der Waals surface area contributed by atoms with E-state index in [1.165, 1.54) is 13.8 Å². The van der Waals surface area contributed by atoms with Crippen molar-refractivity contribution in [1.29, 1.82) is 0 Å². The first-order chi connectivity index (χ1) is 63.2. The minimum absolute atomic E-state index is 0.202. The number of ether oxygens (including phenoxy) is 17. The zero-order chi connectivity index (χ0) is 93.3. The fraction of sp³-hybridized carbons (Fsp3) is 0.287. The molecular formula is C101H99NO29. The summed E-state index contributed by atoms with van der Waals surface area (Å²) in [6.45, 7) is 11.8. The Kier molecular flexibility index (Phi) is 36.1. The Morgan fingerprint density at radius 3 is 0.641 bits per heavy atom. The highest BCUT2D eigenvalue weighted by Crippen LogP contribution is 2.36. The van der Waals surface area contributed by atoms with Crippen molar-refractivity contribution in [1.82, 2.24) is 5.32 Å². The van der Waals surface area contributed by atoms with Gasteiger partial charge in [-0.2, -0.15) is 0 Å². The number of amides is 1. The van der Waals surface area contributed by atoms with Crippen molar-refractivity contribution in [3.8, 4) is 0 Å². The third kappa shape index (κ3) is 28.5. The minimum Gasteiger partial charge on any atom is -0.459 e. The van der Waals surface area contributed by atoms with Crippen molar-refractivity contribution in [2.24, 2.45) is 0 Å².